The highest BCUT2D eigenvalue weighted by Crippen LogP contribution is 2.26. The first-order valence-electron chi connectivity index (χ1n) is 3.61. The smallest absolute Gasteiger partial charge is 0.355 e. The quantitative estimate of drug-likeness (QED) is 0.804. The van der Waals surface area contributed by atoms with Gasteiger partial charge >= 0.3 is 5.97 Å². The van der Waals surface area contributed by atoms with Crippen LogP contribution in [0.5, 0.6) is 0 Å². The number of carboxylic acids is 1. The molecule has 6 heteroatoms. The molecule has 0 aliphatic carbocycles. The van der Waals surface area contributed by atoms with Gasteiger partial charge in [-0.1, -0.05) is 0 Å². The van der Waals surface area contributed by atoms with Crippen LogP contribution in [0, 0.1) is 12.7 Å². The summed E-state index contributed by atoms with van der Waals surface area (Å²) in [6.07, 6.45) is -2.28. The van der Waals surface area contributed by atoms with E-state index >= 15 is 0 Å². The van der Waals surface area contributed by atoms with Gasteiger partial charge in [-0.25, -0.2) is 22.9 Å². The average molecular weight is 205 g/mol. The summed E-state index contributed by atoms with van der Waals surface area (Å²) in [4.78, 5) is 13.7. The van der Waals surface area contributed by atoms with E-state index in [1.807, 2.05) is 0 Å². The molecule has 0 radical (unpaired) electrons. The molecule has 0 bridgehead atoms. The number of hydrogen-bond donors (Lipinski definition) is 1. The second kappa shape index (κ2) is 3.65. The van der Waals surface area contributed by atoms with Crippen LogP contribution in [0.2, 0.25) is 0 Å². The molecular formula is C8H6F3NO2. The maximum atomic E-state index is 13.1. The third-order valence-electron chi connectivity index (χ3n) is 1.65. The van der Waals surface area contributed by atoms with Crippen LogP contribution < -0.4 is 0 Å². The number of aromatic carboxylic acids is 1. The van der Waals surface area contributed by atoms with Crippen molar-refractivity contribution in [3.8, 4) is 0 Å². The predicted octanol–water partition coefficient (Wildman–Crippen LogP) is 2.16. The Balaban J connectivity index is 3.45. The Morgan fingerprint density at radius 3 is 2.57 bits per heavy atom. The molecule has 0 spiro atoms. The molecule has 0 atom stereocenters. The van der Waals surface area contributed by atoms with Crippen LogP contribution in [0.15, 0.2) is 6.20 Å². The minimum Gasteiger partial charge on any atom is -0.476 e. The zero-order valence-electron chi connectivity index (χ0n) is 7.09. The number of hydrogen-bond acceptors (Lipinski definition) is 2. The molecule has 76 valence electrons. The second-order valence-electron chi connectivity index (χ2n) is 2.62. The summed E-state index contributed by atoms with van der Waals surface area (Å²) in [6.45, 7) is 1.24. The van der Waals surface area contributed by atoms with Gasteiger partial charge in [0.15, 0.2) is 5.69 Å². The highest BCUT2D eigenvalue weighted by atomic mass is 19.3. The number of aromatic nitrogens is 1. The van der Waals surface area contributed by atoms with Gasteiger partial charge in [-0.15, -0.1) is 0 Å². The number of pyridine rings is 1. The van der Waals surface area contributed by atoms with Gasteiger partial charge < -0.3 is 5.11 Å². The summed E-state index contributed by atoms with van der Waals surface area (Å²) >= 11 is 0. The van der Waals surface area contributed by atoms with Gasteiger partial charge in [0.2, 0.25) is 0 Å². The fourth-order valence-electron chi connectivity index (χ4n) is 0.974. The van der Waals surface area contributed by atoms with Crippen molar-refractivity contribution < 1.29 is 23.1 Å². The number of alkyl halides is 2. The summed E-state index contributed by atoms with van der Waals surface area (Å²) in [5, 5.41) is 8.47. The standard InChI is InChI=1S/C8H6F3NO2/c1-3-2-12-6(8(13)14)4(5(3)9)7(10)11/h2,7H,1H3,(H,13,14). The van der Waals surface area contributed by atoms with Crippen molar-refractivity contribution >= 4 is 5.97 Å². The molecule has 0 unspecified atom stereocenters. The summed E-state index contributed by atoms with van der Waals surface area (Å²) in [7, 11) is 0. The van der Waals surface area contributed by atoms with E-state index in [0.717, 1.165) is 6.20 Å². The fourth-order valence-corrected chi connectivity index (χ4v) is 0.974. The van der Waals surface area contributed by atoms with E-state index < -0.39 is 29.5 Å². The third kappa shape index (κ3) is 1.68. The Hall–Kier alpha value is -1.59. The van der Waals surface area contributed by atoms with Crippen LogP contribution >= 0.6 is 0 Å². The van der Waals surface area contributed by atoms with Gasteiger partial charge in [0.05, 0.1) is 5.56 Å². The van der Waals surface area contributed by atoms with Gasteiger partial charge in [0, 0.05) is 11.8 Å². The van der Waals surface area contributed by atoms with E-state index in [2.05, 4.69) is 4.98 Å². The molecule has 1 N–H and O–H groups in total. The minimum atomic E-state index is -3.19. The van der Waals surface area contributed by atoms with Crippen LogP contribution in [0.3, 0.4) is 0 Å². The molecule has 0 amide bonds. The SMILES string of the molecule is Cc1cnc(C(=O)O)c(C(F)F)c1F. The lowest BCUT2D eigenvalue weighted by atomic mass is 10.1. The Kier molecular flexibility index (Phi) is 2.73. The molecule has 0 aromatic carbocycles. The number of carbonyl (C=O) groups is 1. The van der Waals surface area contributed by atoms with Gasteiger partial charge in [0.25, 0.3) is 6.43 Å². The molecule has 0 aliphatic heterocycles. The van der Waals surface area contributed by atoms with Gasteiger partial charge in [-0.3, -0.25) is 0 Å². The third-order valence-corrected chi connectivity index (χ3v) is 1.65. The molecule has 14 heavy (non-hydrogen) atoms. The lowest BCUT2D eigenvalue weighted by molar-refractivity contribution is 0.0674. The maximum Gasteiger partial charge on any atom is 0.355 e. The summed E-state index contributed by atoms with van der Waals surface area (Å²) in [6, 6.07) is 0. The van der Waals surface area contributed by atoms with E-state index in [1.165, 1.54) is 6.92 Å². The zero-order chi connectivity index (χ0) is 10.9. The van der Waals surface area contributed by atoms with E-state index in [0.29, 0.717) is 0 Å². The highest BCUT2D eigenvalue weighted by molar-refractivity contribution is 5.87. The summed E-state index contributed by atoms with van der Waals surface area (Å²) < 4.78 is 37.7. The van der Waals surface area contributed by atoms with Crippen LogP contribution in [0.25, 0.3) is 0 Å². The fraction of sp³-hybridized carbons (Fsp3) is 0.250. The number of halogens is 3. The first kappa shape index (κ1) is 10.5. The van der Waals surface area contributed by atoms with Crippen LogP contribution in [0.1, 0.15) is 28.0 Å². The molecule has 1 rings (SSSR count). The highest BCUT2D eigenvalue weighted by Gasteiger charge is 2.24. The van der Waals surface area contributed by atoms with Gasteiger partial charge in [-0.2, -0.15) is 0 Å². The van der Waals surface area contributed by atoms with Crippen molar-refractivity contribution in [2.45, 2.75) is 13.3 Å². The van der Waals surface area contributed by atoms with E-state index in [9.17, 15) is 18.0 Å². The maximum absolute atomic E-state index is 13.1. The largest absolute Gasteiger partial charge is 0.476 e. The first-order chi connectivity index (χ1) is 6.45. The van der Waals surface area contributed by atoms with Crippen molar-refractivity contribution in [3.05, 3.63) is 28.8 Å². The summed E-state index contributed by atoms with van der Waals surface area (Å²) in [5.41, 5.74) is -2.20. The Morgan fingerprint density at radius 1 is 1.57 bits per heavy atom. The Labute approximate surface area is 77.2 Å². The number of rotatable bonds is 2. The molecule has 1 heterocycles. The average Bonchev–Trinajstić information content (AvgIpc) is 2.08. The van der Waals surface area contributed by atoms with Crippen LogP contribution in [-0.4, -0.2) is 16.1 Å². The van der Waals surface area contributed by atoms with Crippen molar-refractivity contribution in [1.82, 2.24) is 4.98 Å². The summed E-state index contributed by atoms with van der Waals surface area (Å²) in [5.74, 6) is -2.88. The van der Waals surface area contributed by atoms with Crippen molar-refractivity contribution in [2.24, 2.45) is 0 Å². The number of nitrogens with zero attached hydrogens (tertiary/aromatic N) is 1. The molecule has 0 saturated carbocycles. The van der Waals surface area contributed by atoms with Crippen LogP contribution in [-0.2, 0) is 0 Å². The molecule has 0 aliphatic rings. The van der Waals surface area contributed by atoms with Gasteiger partial charge in [-0.05, 0) is 6.92 Å². The van der Waals surface area contributed by atoms with Crippen molar-refractivity contribution in [3.63, 3.8) is 0 Å². The van der Waals surface area contributed by atoms with Crippen molar-refractivity contribution in [1.29, 1.82) is 0 Å². The number of aryl methyl sites for hydroxylation is 1. The molecular weight excluding hydrogens is 199 g/mol. The Morgan fingerprint density at radius 2 is 2.14 bits per heavy atom. The second-order valence-corrected chi connectivity index (χ2v) is 2.62. The lowest BCUT2D eigenvalue weighted by Gasteiger charge is -2.06. The molecule has 1 aromatic rings. The first-order valence-corrected chi connectivity index (χ1v) is 3.61. The van der Waals surface area contributed by atoms with E-state index in [4.69, 9.17) is 5.11 Å². The number of carboxylic acid groups (broad SMARTS) is 1. The lowest BCUT2D eigenvalue weighted by Crippen LogP contribution is -2.09. The zero-order valence-corrected chi connectivity index (χ0v) is 7.09. The molecule has 0 fully saturated rings. The normalized spacial score (nSPS) is 10.6. The topological polar surface area (TPSA) is 50.2 Å². The molecule has 0 saturated heterocycles. The molecule has 3 nitrogen and oxygen atoms in total. The van der Waals surface area contributed by atoms with E-state index in [1.54, 1.807) is 0 Å². The molecule has 1 aromatic heterocycles. The van der Waals surface area contributed by atoms with E-state index in [-0.39, 0.29) is 5.56 Å². The monoisotopic (exact) mass is 205 g/mol. The minimum absolute atomic E-state index is 0.106. The Bertz CT molecular complexity index is 379. The predicted molar refractivity (Wildman–Crippen MR) is 40.8 cm³/mol. The van der Waals surface area contributed by atoms with Crippen LogP contribution in [0.4, 0.5) is 13.2 Å². The van der Waals surface area contributed by atoms with Crippen molar-refractivity contribution in [2.75, 3.05) is 0 Å². The van der Waals surface area contributed by atoms with Gasteiger partial charge in [0.1, 0.15) is 5.82 Å².